The number of pyridine rings is 1. The minimum atomic E-state index is -5.23. The topological polar surface area (TPSA) is 139 Å². The van der Waals surface area contributed by atoms with E-state index in [-0.39, 0.29) is 76.4 Å². The number of benzene rings is 2. The molecule has 0 radical (unpaired) electrons. The van der Waals surface area contributed by atoms with Crippen LogP contribution < -0.4 is 25.8 Å². The van der Waals surface area contributed by atoms with E-state index in [1.165, 1.54) is 0 Å². The number of ether oxygens (including phenoxy) is 2. The summed E-state index contributed by atoms with van der Waals surface area (Å²) in [5, 5.41) is 9.20. The van der Waals surface area contributed by atoms with Crippen LogP contribution in [0.1, 0.15) is 73.2 Å². The summed E-state index contributed by atoms with van der Waals surface area (Å²) in [7, 11) is 0. The van der Waals surface area contributed by atoms with Gasteiger partial charge in [0.2, 0.25) is 0 Å². The third kappa shape index (κ3) is 5.66. The lowest BCUT2D eigenvalue weighted by molar-refractivity contribution is -0.138. The number of anilines is 3. The van der Waals surface area contributed by atoms with Crippen molar-refractivity contribution in [1.82, 2.24) is 19.9 Å². The second-order valence-corrected chi connectivity index (χ2v) is 15.8. The summed E-state index contributed by atoms with van der Waals surface area (Å²) in [5.74, 6) is -2.54. The number of nitrogen functional groups attached to an aromatic ring is 2. The van der Waals surface area contributed by atoms with E-state index in [4.69, 9.17) is 20.9 Å². The molecule has 3 fully saturated rings. The molecule has 0 spiro atoms. The fourth-order valence-corrected chi connectivity index (χ4v) is 9.69. The largest absolute Gasteiger partial charge is 0.490 e. The highest BCUT2D eigenvalue weighted by Gasteiger charge is 2.50. The van der Waals surface area contributed by atoms with Crippen molar-refractivity contribution in [3.63, 3.8) is 0 Å². The van der Waals surface area contributed by atoms with Crippen LogP contribution in [-0.2, 0) is 6.18 Å². The molecule has 2 saturated heterocycles. The SMILES string of the molecule is C[C@H](c1cc(C2CC2)cnc1N)N1CCOc2c(C(F)(F)F)c(-c3ccc(F)c4sc(N)c(C#N)c34)c(F)c3nc(OC[C@@]45CCCN4C[C@H](F)C5)nc1c23. The zero-order valence-electron chi connectivity index (χ0n) is 29.4. The Labute approximate surface area is 314 Å². The lowest BCUT2D eigenvalue weighted by Gasteiger charge is -2.32. The van der Waals surface area contributed by atoms with Gasteiger partial charge in [0.1, 0.15) is 64.7 Å². The van der Waals surface area contributed by atoms with Crippen molar-refractivity contribution in [3.8, 4) is 29.0 Å². The Bertz CT molecular complexity index is 2450. The van der Waals surface area contributed by atoms with Crippen LogP contribution in [0.3, 0.4) is 0 Å². The van der Waals surface area contributed by atoms with Crippen LogP contribution in [0.2, 0.25) is 0 Å². The molecule has 17 heteroatoms. The van der Waals surface area contributed by atoms with E-state index in [9.17, 15) is 9.65 Å². The zero-order valence-corrected chi connectivity index (χ0v) is 30.3. The van der Waals surface area contributed by atoms with Gasteiger partial charge in [-0.25, -0.2) is 18.2 Å². The number of halogens is 6. The summed E-state index contributed by atoms with van der Waals surface area (Å²) in [6.07, 6.45) is -0.895. The maximum atomic E-state index is 17.5. The summed E-state index contributed by atoms with van der Waals surface area (Å²) in [6.45, 7) is 2.39. The molecule has 0 unspecified atom stereocenters. The Hall–Kier alpha value is -5.08. The van der Waals surface area contributed by atoms with Gasteiger partial charge in [-0.05, 0) is 68.3 Å². The minimum absolute atomic E-state index is 0.00949. The van der Waals surface area contributed by atoms with E-state index in [2.05, 4.69) is 15.0 Å². The van der Waals surface area contributed by atoms with Gasteiger partial charge in [-0.3, -0.25) is 4.90 Å². The molecule has 3 aromatic heterocycles. The van der Waals surface area contributed by atoms with Crippen molar-refractivity contribution in [2.75, 3.05) is 49.2 Å². The van der Waals surface area contributed by atoms with Gasteiger partial charge in [0.15, 0.2) is 5.82 Å². The van der Waals surface area contributed by atoms with Gasteiger partial charge in [0.25, 0.3) is 0 Å². The average Bonchev–Trinajstić information content (AvgIpc) is 3.79. The third-order valence-electron chi connectivity index (χ3n) is 11.5. The van der Waals surface area contributed by atoms with Gasteiger partial charge < -0.3 is 25.8 Å². The molecule has 0 amide bonds. The highest BCUT2D eigenvalue weighted by Crippen LogP contribution is 2.54. The molecule has 10 nitrogen and oxygen atoms in total. The quantitative estimate of drug-likeness (QED) is 0.156. The molecule has 1 aliphatic carbocycles. The standard InChI is InChI=1S/C38H34F6N8O2S/c1-17(22-11-19(18-3-4-18)14-48-33(22)46)52-9-10-53-31-27-30(49-36(50-35(27)52)54-16-37-7-2-8-51(37)15-20(39)12-37)29(41)26(28(31)38(42,43)44)21-5-6-24(40)32-25(21)23(13-45)34(47)55-32/h5-6,11,14,17-18,20H,2-4,7-10,12,15-16,47H2,1H3,(H2,46,48)/t17-,20-,37+/m1/s1. The number of rotatable bonds is 7. The monoisotopic (exact) mass is 780 g/mol. The summed E-state index contributed by atoms with van der Waals surface area (Å²) >= 11 is 0.673. The van der Waals surface area contributed by atoms with Crippen molar-refractivity contribution in [2.45, 2.75) is 68.9 Å². The number of thiophene rings is 1. The number of nitrogens with two attached hydrogens (primary N) is 2. The normalized spacial score (nSPS) is 21.8. The van der Waals surface area contributed by atoms with Crippen LogP contribution in [0.25, 0.3) is 32.1 Å². The van der Waals surface area contributed by atoms with Gasteiger partial charge in [0.05, 0.1) is 33.8 Å². The smallest absolute Gasteiger partial charge is 0.420 e. The molecule has 286 valence electrons. The summed E-state index contributed by atoms with van der Waals surface area (Å²) in [6, 6.07) is 4.69. The molecule has 9 rings (SSSR count). The van der Waals surface area contributed by atoms with E-state index in [1.807, 2.05) is 17.0 Å². The fourth-order valence-electron chi connectivity index (χ4n) is 8.74. The molecular formula is C38H34F6N8O2S. The Morgan fingerprint density at radius 1 is 1.16 bits per heavy atom. The molecule has 6 heterocycles. The number of hydrogen-bond acceptors (Lipinski definition) is 11. The van der Waals surface area contributed by atoms with Crippen molar-refractivity contribution in [1.29, 1.82) is 5.26 Å². The first-order valence-corrected chi connectivity index (χ1v) is 18.8. The van der Waals surface area contributed by atoms with Crippen molar-refractivity contribution in [3.05, 3.63) is 58.3 Å². The molecule has 0 bridgehead atoms. The van der Waals surface area contributed by atoms with Crippen LogP contribution in [0.5, 0.6) is 11.8 Å². The second-order valence-electron chi connectivity index (χ2n) is 14.8. The Morgan fingerprint density at radius 3 is 2.71 bits per heavy atom. The summed E-state index contributed by atoms with van der Waals surface area (Å²) in [5.41, 5.74) is 9.63. The van der Waals surface area contributed by atoms with E-state index in [0.717, 1.165) is 37.0 Å². The predicted octanol–water partition coefficient (Wildman–Crippen LogP) is 8.03. The lowest BCUT2D eigenvalue weighted by Crippen LogP contribution is -2.43. The Balaban J connectivity index is 1.30. The molecule has 2 aromatic carbocycles. The highest BCUT2D eigenvalue weighted by molar-refractivity contribution is 7.23. The van der Waals surface area contributed by atoms with E-state index >= 15 is 22.0 Å². The summed E-state index contributed by atoms with van der Waals surface area (Å²) in [4.78, 5) is 17.2. The van der Waals surface area contributed by atoms with Crippen LogP contribution in [0.15, 0.2) is 24.4 Å². The van der Waals surface area contributed by atoms with Crippen LogP contribution in [-0.4, -0.2) is 64.4 Å². The number of nitriles is 1. The summed E-state index contributed by atoms with van der Waals surface area (Å²) < 4.78 is 106. The van der Waals surface area contributed by atoms with Gasteiger partial charge in [-0.15, -0.1) is 11.3 Å². The van der Waals surface area contributed by atoms with Crippen LogP contribution in [0, 0.1) is 23.0 Å². The number of nitrogens with zero attached hydrogens (tertiary/aromatic N) is 6. The van der Waals surface area contributed by atoms with Gasteiger partial charge in [0, 0.05) is 35.7 Å². The second kappa shape index (κ2) is 12.7. The lowest BCUT2D eigenvalue weighted by atomic mass is 9.91. The maximum absolute atomic E-state index is 17.5. The zero-order chi connectivity index (χ0) is 38.6. The third-order valence-corrected chi connectivity index (χ3v) is 12.5. The number of hydrogen-bond donors (Lipinski definition) is 2. The van der Waals surface area contributed by atoms with Crippen molar-refractivity contribution >= 4 is 49.0 Å². The molecule has 5 aromatic rings. The highest BCUT2D eigenvalue weighted by atomic mass is 32.1. The first-order valence-electron chi connectivity index (χ1n) is 18.0. The number of aromatic nitrogens is 3. The molecule has 55 heavy (non-hydrogen) atoms. The van der Waals surface area contributed by atoms with E-state index in [0.29, 0.717) is 35.8 Å². The molecule has 3 atom stereocenters. The van der Waals surface area contributed by atoms with Crippen molar-refractivity contribution in [2.24, 2.45) is 0 Å². The van der Waals surface area contributed by atoms with Crippen LogP contribution >= 0.6 is 11.3 Å². The van der Waals surface area contributed by atoms with E-state index < -0.39 is 63.5 Å². The Morgan fingerprint density at radius 2 is 1.96 bits per heavy atom. The van der Waals surface area contributed by atoms with E-state index in [1.54, 1.807) is 18.0 Å². The minimum Gasteiger partial charge on any atom is -0.490 e. The molecule has 4 aliphatic rings. The van der Waals surface area contributed by atoms with Crippen LogP contribution in [0.4, 0.5) is 43.0 Å². The molecule has 3 aliphatic heterocycles. The van der Waals surface area contributed by atoms with Gasteiger partial charge in [-0.1, -0.05) is 6.07 Å². The predicted molar refractivity (Wildman–Crippen MR) is 195 cm³/mol. The van der Waals surface area contributed by atoms with Gasteiger partial charge >= 0.3 is 12.2 Å². The molecule has 1 saturated carbocycles. The fraction of sp³-hybridized carbons (Fsp3) is 0.421. The molecule has 4 N–H and O–H groups in total. The average molecular weight is 781 g/mol. The Kier molecular flexibility index (Phi) is 8.25. The first kappa shape index (κ1) is 35.6. The molecular weight excluding hydrogens is 747 g/mol. The number of alkyl halides is 4. The number of fused-ring (bicyclic) bond motifs is 2. The maximum Gasteiger partial charge on any atom is 0.420 e. The first-order chi connectivity index (χ1) is 26.3. The van der Waals surface area contributed by atoms with Crippen molar-refractivity contribution < 1.29 is 35.8 Å². The van der Waals surface area contributed by atoms with Gasteiger partial charge in [-0.2, -0.15) is 28.4 Å².